The van der Waals surface area contributed by atoms with E-state index in [1.165, 1.54) is 0 Å². The first kappa shape index (κ1) is 8.84. The fourth-order valence-electron chi connectivity index (χ4n) is 0.941. The Kier molecular flexibility index (Phi) is 2.91. The molecule has 0 aliphatic carbocycles. The lowest BCUT2D eigenvalue weighted by Gasteiger charge is -2.00. The molecule has 1 rings (SSSR count). The first-order valence-electron chi connectivity index (χ1n) is 4.07. The maximum atomic E-state index is 11.1. The average Bonchev–Trinajstić information content (AvgIpc) is 2.03. The molecule has 1 aromatic heterocycles. The Morgan fingerprint density at radius 3 is 3.08 bits per heavy atom. The normalized spacial score (nSPS) is 9.75. The molecule has 0 aromatic carbocycles. The van der Waals surface area contributed by atoms with Gasteiger partial charge in [0.1, 0.15) is 5.82 Å². The Hall–Kier alpha value is -1.26. The minimum atomic E-state index is -0.261. The van der Waals surface area contributed by atoms with Gasteiger partial charge in [-0.05, 0) is 12.3 Å². The van der Waals surface area contributed by atoms with Crippen molar-refractivity contribution < 1.29 is 0 Å². The molecule has 0 saturated heterocycles. The van der Waals surface area contributed by atoms with Crippen LogP contribution in [0.1, 0.15) is 13.3 Å². The van der Waals surface area contributed by atoms with Crippen molar-refractivity contribution in [1.82, 2.24) is 9.46 Å². The van der Waals surface area contributed by atoms with Crippen molar-refractivity contribution in [3.63, 3.8) is 0 Å². The van der Waals surface area contributed by atoms with Crippen molar-refractivity contribution in [2.45, 2.75) is 19.7 Å². The van der Waals surface area contributed by atoms with Crippen LogP contribution in [0.15, 0.2) is 17.1 Å². The number of anilines is 1. The van der Waals surface area contributed by atoms with Crippen LogP contribution in [0.3, 0.4) is 0 Å². The molecule has 4 nitrogen and oxygen atoms in total. The lowest BCUT2D eigenvalue weighted by molar-refractivity contribution is 0.968. The van der Waals surface area contributed by atoms with Gasteiger partial charge in [-0.1, -0.05) is 19.7 Å². The van der Waals surface area contributed by atoms with Crippen molar-refractivity contribution in [3.05, 3.63) is 22.7 Å². The van der Waals surface area contributed by atoms with Gasteiger partial charge in [0.2, 0.25) is 7.41 Å². The molecular formula is C7H12BN3O. The Bertz CT molecular complexity index is 310. The molecule has 0 bridgehead atoms. The van der Waals surface area contributed by atoms with E-state index in [9.17, 15) is 4.79 Å². The highest BCUT2D eigenvalue weighted by atomic mass is 16.1. The van der Waals surface area contributed by atoms with Gasteiger partial charge in [-0.15, -0.1) is 0 Å². The molecule has 0 radical (unpaired) electrons. The molecule has 0 unspecified atom stereocenters. The lowest BCUT2D eigenvalue weighted by Crippen LogP contribution is -2.26. The standard InChI is InChI=1S/C7H12BN3O/c1-2-4-8-11-5-3-6(9)10-7(11)12/h3,5,8H,2,4H2,1H3,(H2,9,10,12). The molecule has 0 aliphatic heterocycles. The van der Waals surface area contributed by atoms with Crippen LogP contribution in [0.4, 0.5) is 5.82 Å². The van der Waals surface area contributed by atoms with E-state index in [4.69, 9.17) is 5.73 Å². The maximum absolute atomic E-state index is 11.1. The van der Waals surface area contributed by atoms with Crippen LogP contribution in [0, 0.1) is 0 Å². The summed E-state index contributed by atoms with van der Waals surface area (Å²) in [6, 6.07) is 1.64. The summed E-state index contributed by atoms with van der Waals surface area (Å²) in [6.07, 6.45) is 3.74. The Morgan fingerprint density at radius 2 is 2.50 bits per heavy atom. The summed E-state index contributed by atoms with van der Waals surface area (Å²) >= 11 is 0. The number of nitrogens with two attached hydrogens (primary N) is 1. The molecule has 5 heteroatoms. The summed E-state index contributed by atoms with van der Waals surface area (Å²) in [6.45, 7) is 2.08. The van der Waals surface area contributed by atoms with Gasteiger partial charge in [0.05, 0.1) is 0 Å². The van der Waals surface area contributed by atoms with Gasteiger partial charge in [0.25, 0.3) is 0 Å². The SMILES string of the molecule is CCCBn1ccc(N)nc1=O. The van der Waals surface area contributed by atoms with Gasteiger partial charge >= 0.3 is 5.69 Å². The van der Waals surface area contributed by atoms with E-state index in [-0.39, 0.29) is 11.5 Å². The molecule has 12 heavy (non-hydrogen) atoms. The number of aromatic nitrogens is 2. The second-order valence-corrected chi connectivity index (χ2v) is 2.68. The van der Waals surface area contributed by atoms with Crippen LogP contribution >= 0.6 is 0 Å². The van der Waals surface area contributed by atoms with E-state index in [1.807, 2.05) is 0 Å². The van der Waals surface area contributed by atoms with Crippen LogP contribution in [0.5, 0.6) is 0 Å². The summed E-state index contributed by atoms with van der Waals surface area (Å²) in [4.78, 5) is 14.7. The average molecular weight is 165 g/mol. The molecule has 0 aliphatic rings. The summed E-state index contributed by atoms with van der Waals surface area (Å²) in [5, 5.41) is 0. The number of hydrogen-bond acceptors (Lipinski definition) is 3. The highest BCUT2D eigenvalue weighted by Crippen LogP contribution is 1.90. The molecular weight excluding hydrogens is 153 g/mol. The third-order valence-corrected chi connectivity index (χ3v) is 1.65. The zero-order valence-corrected chi connectivity index (χ0v) is 7.16. The summed E-state index contributed by atoms with van der Waals surface area (Å²) < 4.78 is 1.57. The highest BCUT2D eigenvalue weighted by Gasteiger charge is 1.97. The van der Waals surface area contributed by atoms with Gasteiger partial charge in [-0.25, -0.2) is 4.79 Å². The zero-order valence-electron chi connectivity index (χ0n) is 7.16. The second-order valence-electron chi connectivity index (χ2n) is 2.68. The molecule has 64 valence electrons. The van der Waals surface area contributed by atoms with Gasteiger partial charge in [-0.3, -0.25) is 0 Å². The van der Waals surface area contributed by atoms with E-state index < -0.39 is 0 Å². The quantitative estimate of drug-likeness (QED) is 0.633. The molecule has 0 amide bonds. The second kappa shape index (κ2) is 3.94. The van der Waals surface area contributed by atoms with Crippen molar-refractivity contribution in [1.29, 1.82) is 0 Å². The largest absolute Gasteiger partial charge is 0.383 e. The fourth-order valence-corrected chi connectivity index (χ4v) is 0.941. The van der Waals surface area contributed by atoms with Gasteiger partial charge in [0, 0.05) is 0 Å². The molecule has 0 atom stereocenters. The van der Waals surface area contributed by atoms with Crippen LogP contribution < -0.4 is 11.4 Å². The summed E-state index contributed by atoms with van der Waals surface area (Å²) in [7, 11) is 0.725. The minimum absolute atomic E-state index is 0.261. The summed E-state index contributed by atoms with van der Waals surface area (Å²) in [5.74, 6) is 0.285. The number of nitrogens with zero attached hydrogens (tertiary/aromatic N) is 2. The summed E-state index contributed by atoms with van der Waals surface area (Å²) in [5.41, 5.74) is 5.07. The predicted octanol–water partition coefficient (Wildman–Crippen LogP) is -0.147. The minimum Gasteiger partial charge on any atom is -0.383 e. The van der Waals surface area contributed by atoms with Crippen molar-refractivity contribution in [3.8, 4) is 0 Å². The molecule has 0 saturated carbocycles. The monoisotopic (exact) mass is 165 g/mol. The Balaban J connectivity index is 2.80. The van der Waals surface area contributed by atoms with Crippen molar-refractivity contribution >= 4 is 13.2 Å². The smallest absolute Gasteiger partial charge is 0.336 e. The molecule has 1 heterocycles. The first-order chi connectivity index (χ1) is 5.74. The topological polar surface area (TPSA) is 60.9 Å². The van der Waals surface area contributed by atoms with Gasteiger partial charge < -0.3 is 10.2 Å². The maximum Gasteiger partial charge on any atom is 0.336 e. The fraction of sp³-hybridized carbons (Fsp3) is 0.429. The first-order valence-corrected chi connectivity index (χ1v) is 4.07. The molecule has 1 aromatic rings. The van der Waals surface area contributed by atoms with E-state index in [0.29, 0.717) is 0 Å². The third-order valence-electron chi connectivity index (χ3n) is 1.65. The number of hydrogen-bond donors (Lipinski definition) is 1. The van der Waals surface area contributed by atoms with Crippen LogP contribution in [0.2, 0.25) is 6.32 Å². The van der Waals surface area contributed by atoms with E-state index in [2.05, 4.69) is 11.9 Å². The van der Waals surface area contributed by atoms with E-state index in [1.54, 1.807) is 16.7 Å². The molecule has 0 fully saturated rings. The van der Waals surface area contributed by atoms with Crippen LogP contribution in [0.25, 0.3) is 0 Å². The van der Waals surface area contributed by atoms with Crippen LogP contribution in [-0.4, -0.2) is 16.9 Å². The van der Waals surface area contributed by atoms with Gasteiger partial charge in [0.15, 0.2) is 0 Å². The van der Waals surface area contributed by atoms with Crippen molar-refractivity contribution in [2.75, 3.05) is 5.73 Å². The number of nitrogen functional groups attached to an aromatic ring is 1. The molecule has 0 spiro atoms. The lowest BCUT2D eigenvalue weighted by atomic mass is 9.87. The van der Waals surface area contributed by atoms with E-state index >= 15 is 0 Å². The van der Waals surface area contributed by atoms with Crippen molar-refractivity contribution in [2.24, 2.45) is 0 Å². The van der Waals surface area contributed by atoms with Crippen LogP contribution in [-0.2, 0) is 0 Å². The zero-order chi connectivity index (χ0) is 8.97. The third kappa shape index (κ3) is 2.12. The number of rotatable bonds is 3. The van der Waals surface area contributed by atoms with Gasteiger partial charge in [-0.2, -0.15) is 4.98 Å². The Labute approximate surface area is 71.7 Å². The Morgan fingerprint density at radius 1 is 1.75 bits per heavy atom. The highest BCUT2D eigenvalue weighted by molar-refractivity contribution is 6.33. The van der Waals surface area contributed by atoms with E-state index in [0.717, 1.165) is 20.2 Å². The predicted molar refractivity (Wildman–Crippen MR) is 50.6 cm³/mol. The molecule has 2 N–H and O–H groups in total.